The van der Waals surface area contributed by atoms with E-state index in [-0.39, 0.29) is 5.69 Å². The molecule has 1 aromatic carbocycles. The van der Waals surface area contributed by atoms with Crippen molar-refractivity contribution in [3.05, 3.63) is 51.3 Å². The molecule has 0 saturated carbocycles. The van der Waals surface area contributed by atoms with E-state index in [0.717, 1.165) is 17.3 Å². The van der Waals surface area contributed by atoms with Crippen LogP contribution < -0.4 is 0 Å². The zero-order chi connectivity index (χ0) is 15.9. The van der Waals surface area contributed by atoms with E-state index in [2.05, 4.69) is 34.9 Å². The van der Waals surface area contributed by atoms with Crippen LogP contribution in [0, 0.1) is 10.1 Å². The Kier molecular flexibility index (Phi) is 3.40. The number of aliphatic imine (C=N–C) groups is 1. The molecule has 0 bridgehead atoms. The van der Waals surface area contributed by atoms with Crippen LogP contribution >= 0.6 is 0 Å². The van der Waals surface area contributed by atoms with Crippen LogP contribution in [0.5, 0.6) is 0 Å². The second-order valence-corrected chi connectivity index (χ2v) is 12.1. The van der Waals surface area contributed by atoms with E-state index in [0.29, 0.717) is 18.0 Å². The lowest BCUT2D eigenvalue weighted by Gasteiger charge is -2.14. The maximum atomic E-state index is 10.9. The summed E-state index contributed by atoms with van der Waals surface area (Å²) in [4.78, 5) is 15.0. The maximum absolute atomic E-state index is 10.9. The van der Waals surface area contributed by atoms with Gasteiger partial charge in [-0.3, -0.25) is 19.8 Å². The van der Waals surface area contributed by atoms with Gasteiger partial charge >= 0.3 is 0 Å². The van der Waals surface area contributed by atoms with Crippen LogP contribution in [0.25, 0.3) is 0 Å². The van der Waals surface area contributed by atoms with Gasteiger partial charge in [-0.25, -0.2) is 0 Å². The van der Waals surface area contributed by atoms with Gasteiger partial charge in [-0.1, -0.05) is 24.9 Å². The smallest absolute Gasteiger partial charge is 0.270 e. The van der Waals surface area contributed by atoms with E-state index < -0.39 is 13.0 Å². The first-order chi connectivity index (χ1) is 10.3. The monoisotopic (exact) mass is 315 g/mol. The van der Waals surface area contributed by atoms with Crippen molar-refractivity contribution in [3.8, 4) is 0 Å². The first kappa shape index (κ1) is 14.6. The molecule has 0 radical (unpaired) electrons. The molecule has 0 amide bonds. The summed E-state index contributed by atoms with van der Waals surface area (Å²) in [6, 6.07) is 4.84. The highest BCUT2D eigenvalue weighted by molar-refractivity contribution is 6.74. The summed E-state index contributed by atoms with van der Waals surface area (Å²) < 4.78 is 1.85. The van der Waals surface area contributed by atoms with Crippen molar-refractivity contribution < 1.29 is 4.92 Å². The molecule has 0 N–H and O–H groups in total. The van der Waals surface area contributed by atoms with E-state index in [1.807, 2.05) is 10.9 Å². The number of nitro benzene ring substituents is 1. The van der Waals surface area contributed by atoms with Crippen molar-refractivity contribution in [2.24, 2.45) is 4.99 Å². The number of hydrogen-bond acceptors (Lipinski definition) is 5. The highest BCUT2D eigenvalue weighted by Crippen LogP contribution is 2.26. The van der Waals surface area contributed by atoms with Crippen molar-refractivity contribution in [3.63, 3.8) is 0 Å². The lowest BCUT2D eigenvalue weighted by molar-refractivity contribution is -0.384. The van der Waals surface area contributed by atoms with E-state index in [9.17, 15) is 10.1 Å². The van der Waals surface area contributed by atoms with Crippen LogP contribution in [0.3, 0.4) is 0 Å². The summed E-state index contributed by atoms with van der Waals surface area (Å²) in [5.41, 5.74) is 3.22. The van der Waals surface area contributed by atoms with E-state index in [1.165, 1.54) is 6.07 Å². The van der Waals surface area contributed by atoms with Gasteiger partial charge in [-0.15, -0.1) is 5.10 Å². The minimum atomic E-state index is -1.29. The third kappa shape index (κ3) is 2.82. The van der Waals surface area contributed by atoms with E-state index in [1.54, 1.807) is 12.1 Å². The number of rotatable bonds is 4. The van der Waals surface area contributed by atoms with Crippen LogP contribution in [-0.2, 0) is 12.7 Å². The summed E-state index contributed by atoms with van der Waals surface area (Å²) >= 11 is 0. The summed E-state index contributed by atoms with van der Waals surface area (Å²) in [5.74, 6) is 0. The Morgan fingerprint density at radius 3 is 2.82 bits per heavy atom. The minimum absolute atomic E-state index is 0.0721. The van der Waals surface area contributed by atoms with Gasteiger partial charge in [0, 0.05) is 23.9 Å². The van der Waals surface area contributed by atoms with Crippen LogP contribution in [0.1, 0.15) is 16.8 Å². The van der Waals surface area contributed by atoms with E-state index >= 15 is 0 Å². The highest BCUT2D eigenvalue weighted by Gasteiger charge is 2.23. The fraction of sp³-hybridized carbons (Fsp3) is 0.357. The molecule has 22 heavy (non-hydrogen) atoms. The highest BCUT2D eigenvalue weighted by atomic mass is 28.3. The predicted molar refractivity (Wildman–Crippen MR) is 85.8 cm³/mol. The van der Waals surface area contributed by atoms with Crippen molar-refractivity contribution in [1.82, 2.24) is 15.0 Å². The van der Waals surface area contributed by atoms with Gasteiger partial charge in [0.1, 0.15) is 5.69 Å². The molecule has 0 saturated heterocycles. The largest absolute Gasteiger partial charge is 0.278 e. The predicted octanol–water partition coefficient (Wildman–Crippen LogP) is 2.41. The lowest BCUT2D eigenvalue weighted by Crippen LogP contribution is -2.28. The molecule has 114 valence electrons. The normalized spacial score (nSPS) is 13.9. The molecule has 3 rings (SSSR count). The van der Waals surface area contributed by atoms with Gasteiger partial charge in [-0.05, 0) is 11.6 Å². The average Bonchev–Trinajstić information content (AvgIpc) is 3.01. The molecule has 7 nitrogen and oxygen atoms in total. The number of fused-ring (bicyclic) bond motifs is 1. The molecule has 0 fully saturated rings. The first-order valence-corrected chi connectivity index (χ1v) is 10.8. The van der Waals surface area contributed by atoms with Gasteiger partial charge in [0.2, 0.25) is 0 Å². The van der Waals surface area contributed by atoms with Crippen molar-refractivity contribution in [2.75, 3.05) is 0 Å². The average molecular weight is 315 g/mol. The van der Waals surface area contributed by atoms with Gasteiger partial charge in [0.15, 0.2) is 0 Å². The van der Waals surface area contributed by atoms with Crippen LogP contribution in [0.15, 0.2) is 29.4 Å². The molecule has 0 aliphatic carbocycles. The Hall–Kier alpha value is -2.35. The van der Waals surface area contributed by atoms with Gasteiger partial charge in [0.05, 0.1) is 31.5 Å². The molecule has 8 heteroatoms. The van der Waals surface area contributed by atoms with Crippen LogP contribution in [0.4, 0.5) is 5.69 Å². The molecule has 1 aliphatic heterocycles. The molecule has 0 atom stereocenters. The van der Waals surface area contributed by atoms with Crippen molar-refractivity contribution >= 4 is 19.5 Å². The Morgan fingerprint density at radius 1 is 1.36 bits per heavy atom. The zero-order valence-corrected chi connectivity index (χ0v) is 13.8. The minimum Gasteiger partial charge on any atom is -0.278 e. The molecular formula is C14H17N5O2Si. The third-order valence-corrected chi connectivity index (χ3v) is 4.66. The van der Waals surface area contributed by atoms with Crippen LogP contribution in [-0.4, -0.2) is 33.7 Å². The van der Waals surface area contributed by atoms with Gasteiger partial charge in [-0.2, -0.15) is 0 Å². The third-order valence-electron chi connectivity index (χ3n) is 3.38. The number of hydrogen-bond donors (Lipinski definition) is 0. The van der Waals surface area contributed by atoms with Gasteiger partial charge < -0.3 is 0 Å². The lowest BCUT2D eigenvalue weighted by atomic mass is 10.0. The number of nitrogens with zero attached hydrogens (tertiary/aromatic N) is 5. The quantitative estimate of drug-likeness (QED) is 0.492. The number of non-ortho nitro benzene ring substituents is 1. The molecule has 2 heterocycles. The summed E-state index contributed by atoms with van der Waals surface area (Å²) in [6.07, 6.45) is 2.76. The fourth-order valence-electron chi connectivity index (χ4n) is 2.47. The molecule has 0 unspecified atom stereocenters. The fourth-order valence-corrected chi connectivity index (χ4v) is 3.60. The van der Waals surface area contributed by atoms with Crippen LogP contribution in [0.2, 0.25) is 19.6 Å². The topological polar surface area (TPSA) is 86.2 Å². The van der Waals surface area contributed by atoms with Gasteiger partial charge in [0.25, 0.3) is 5.69 Å². The Labute approximate surface area is 128 Å². The number of aromatic nitrogens is 3. The molecule has 2 aromatic rings. The molecule has 1 aliphatic rings. The molecular weight excluding hydrogens is 298 g/mol. The Morgan fingerprint density at radius 2 is 2.14 bits per heavy atom. The Balaban J connectivity index is 1.93. The molecule has 0 spiro atoms. The molecule has 1 aromatic heterocycles. The van der Waals surface area contributed by atoms with E-state index in [4.69, 9.17) is 0 Å². The standard InChI is InChI=1S/C14H17N5O2Si/c1-22(2,3)9-18-8-13(16-17-18)14-12-6-11(19(20)21)5-4-10(12)7-15-14/h4-6,8H,7,9H2,1-3H3. The summed E-state index contributed by atoms with van der Waals surface area (Å²) in [5, 5.41) is 19.3. The number of benzene rings is 1. The summed E-state index contributed by atoms with van der Waals surface area (Å²) in [6.45, 7) is 7.32. The first-order valence-electron chi connectivity index (χ1n) is 7.06. The Bertz CT molecular complexity index is 776. The SMILES string of the molecule is C[Si](C)(C)Cn1cc(C2=NCc3ccc([N+](=O)[O-])cc32)nn1. The second-order valence-electron chi connectivity index (χ2n) is 6.63. The second kappa shape index (κ2) is 5.13. The zero-order valence-electron chi connectivity index (χ0n) is 12.8. The van der Waals surface area contributed by atoms with Crippen molar-refractivity contribution in [2.45, 2.75) is 32.4 Å². The number of nitro groups is 1. The van der Waals surface area contributed by atoms with Crippen molar-refractivity contribution in [1.29, 1.82) is 0 Å². The summed E-state index contributed by atoms with van der Waals surface area (Å²) in [7, 11) is -1.29. The maximum Gasteiger partial charge on any atom is 0.270 e.